The van der Waals surface area contributed by atoms with Gasteiger partial charge in [0.05, 0.1) is 29.7 Å². The Kier molecular flexibility index (Phi) is 5.38. The van der Waals surface area contributed by atoms with E-state index in [1.807, 2.05) is 30.5 Å². The van der Waals surface area contributed by atoms with E-state index in [1.165, 1.54) is 0 Å². The van der Waals surface area contributed by atoms with Gasteiger partial charge in [-0.3, -0.25) is 14.8 Å². The number of piperazine rings is 1. The molecule has 0 atom stereocenters. The lowest BCUT2D eigenvalue weighted by Crippen LogP contribution is -2.46. The highest BCUT2D eigenvalue weighted by Gasteiger charge is 2.17. The van der Waals surface area contributed by atoms with Crippen LogP contribution in [-0.4, -0.2) is 53.5 Å². The molecule has 0 radical (unpaired) electrons. The molecule has 126 valence electrons. The summed E-state index contributed by atoms with van der Waals surface area (Å²) in [6.07, 6.45) is 5.16. The number of carbonyl (C=O) groups excluding carboxylic acids is 1. The predicted molar refractivity (Wildman–Crippen MR) is 94.0 cm³/mol. The Morgan fingerprint density at radius 3 is 2.75 bits per heavy atom. The van der Waals surface area contributed by atoms with Gasteiger partial charge in [0.2, 0.25) is 0 Å². The molecule has 0 aromatic carbocycles. The summed E-state index contributed by atoms with van der Waals surface area (Å²) < 4.78 is 0. The van der Waals surface area contributed by atoms with Crippen LogP contribution in [0.4, 0.5) is 5.69 Å². The van der Waals surface area contributed by atoms with Crippen molar-refractivity contribution in [2.24, 2.45) is 0 Å². The van der Waals surface area contributed by atoms with Crippen molar-refractivity contribution in [2.75, 3.05) is 37.6 Å². The van der Waals surface area contributed by atoms with Crippen molar-refractivity contribution < 1.29 is 4.79 Å². The van der Waals surface area contributed by atoms with Gasteiger partial charge in [-0.05, 0) is 24.7 Å². The van der Waals surface area contributed by atoms with Crippen LogP contribution in [0.1, 0.15) is 23.0 Å². The second-order valence-corrected chi connectivity index (χ2v) is 5.86. The molecule has 0 aliphatic carbocycles. The van der Waals surface area contributed by atoms with Gasteiger partial charge in [0.1, 0.15) is 0 Å². The van der Waals surface area contributed by atoms with Gasteiger partial charge < -0.3 is 15.1 Å². The molecule has 0 spiro atoms. The largest absolute Gasteiger partial charge is 0.368 e. The van der Waals surface area contributed by atoms with Crippen molar-refractivity contribution >= 4 is 11.6 Å². The zero-order valence-electron chi connectivity index (χ0n) is 14.0. The Balaban J connectivity index is 1.61. The topological polar surface area (TPSA) is 61.4 Å². The maximum atomic E-state index is 12.3. The Bertz CT molecular complexity index is 668. The third-order valence-corrected chi connectivity index (χ3v) is 4.33. The second-order valence-electron chi connectivity index (χ2n) is 5.86. The number of rotatable bonds is 5. The third kappa shape index (κ3) is 4.08. The standard InChI is InChI=1S/C18H23N5O/c1-2-22-7-9-23(10-8-22)17-11-15(12-19-14-17)18(24)21-13-16-5-3-4-6-20-16/h3-6,11-12,14H,2,7-10,13H2,1H3,(H,21,24). The van der Waals surface area contributed by atoms with E-state index < -0.39 is 0 Å². The van der Waals surface area contributed by atoms with Gasteiger partial charge in [-0.2, -0.15) is 0 Å². The molecule has 1 amide bonds. The molecule has 2 aromatic rings. The highest BCUT2D eigenvalue weighted by Crippen LogP contribution is 2.16. The summed E-state index contributed by atoms with van der Waals surface area (Å²) in [5.41, 5.74) is 2.43. The fraction of sp³-hybridized carbons (Fsp3) is 0.389. The van der Waals surface area contributed by atoms with E-state index in [1.54, 1.807) is 12.4 Å². The van der Waals surface area contributed by atoms with Gasteiger partial charge in [0.15, 0.2) is 0 Å². The minimum atomic E-state index is -0.123. The smallest absolute Gasteiger partial charge is 0.253 e. The fourth-order valence-corrected chi connectivity index (χ4v) is 2.82. The summed E-state index contributed by atoms with van der Waals surface area (Å²) in [6.45, 7) is 7.72. The van der Waals surface area contributed by atoms with Gasteiger partial charge in [0, 0.05) is 38.6 Å². The molecule has 2 aromatic heterocycles. The van der Waals surface area contributed by atoms with Crippen LogP contribution < -0.4 is 10.2 Å². The zero-order valence-corrected chi connectivity index (χ0v) is 14.0. The zero-order chi connectivity index (χ0) is 16.8. The number of pyridine rings is 2. The number of nitrogens with one attached hydrogen (secondary N) is 1. The number of anilines is 1. The number of hydrogen-bond acceptors (Lipinski definition) is 5. The average molecular weight is 325 g/mol. The van der Waals surface area contributed by atoms with Crippen molar-refractivity contribution in [2.45, 2.75) is 13.5 Å². The summed E-state index contributed by atoms with van der Waals surface area (Å²) in [4.78, 5) is 25.5. The highest BCUT2D eigenvalue weighted by molar-refractivity contribution is 5.94. The number of carbonyl (C=O) groups is 1. The molecule has 3 rings (SSSR count). The van der Waals surface area contributed by atoms with E-state index in [4.69, 9.17) is 0 Å². The molecule has 0 bridgehead atoms. The summed E-state index contributed by atoms with van der Waals surface area (Å²) in [5.74, 6) is -0.123. The fourth-order valence-electron chi connectivity index (χ4n) is 2.82. The maximum absolute atomic E-state index is 12.3. The molecular weight excluding hydrogens is 302 g/mol. The number of likely N-dealkylation sites (N-methyl/N-ethyl adjacent to an activating group) is 1. The SMILES string of the molecule is CCN1CCN(c2cncc(C(=O)NCc3ccccn3)c2)CC1. The number of hydrogen-bond donors (Lipinski definition) is 1. The Hall–Kier alpha value is -2.47. The summed E-state index contributed by atoms with van der Waals surface area (Å²) in [6, 6.07) is 7.58. The summed E-state index contributed by atoms with van der Waals surface area (Å²) in [7, 11) is 0. The van der Waals surface area contributed by atoms with Crippen molar-refractivity contribution in [3.63, 3.8) is 0 Å². The lowest BCUT2D eigenvalue weighted by molar-refractivity contribution is 0.0950. The van der Waals surface area contributed by atoms with Gasteiger partial charge in [0.25, 0.3) is 5.91 Å². The van der Waals surface area contributed by atoms with Crippen molar-refractivity contribution in [3.8, 4) is 0 Å². The molecule has 1 fully saturated rings. The number of amides is 1. The Morgan fingerprint density at radius 2 is 2.04 bits per heavy atom. The molecule has 6 heteroatoms. The molecule has 0 saturated carbocycles. The predicted octanol–water partition coefficient (Wildman–Crippen LogP) is 1.55. The van der Waals surface area contributed by atoms with E-state index in [2.05, 4.69) is 32.0 Å². The molecule has 1 aliphatic heterocycles. The number of nitrogens with zero attached hydrogens (tertiary/aromatic N) is 4. The quantitative estimate of drug-likeness (QED) is 0.904. The van der Waals surface area contributed by atoms with Crippen LogP contribution >= 0.6 is 0 Å². The first-order valence-corrected chi connectivity index (χ1v) is 8.36. The van der Waals surface area contributed by atoms with Crippen LogP contribution in [0.15, 0.2) is 42.9 Å². The molecule has 6 nitrogen and oxygen atoms in total. The first kappa shape index (κ1) is 16.4. The molecule has 0 unspecified atom stereocenters. The first-order chi connectivity index (χ1) is 11.8. The van der Waals surface area contributed by atoms with Crippen LogP contribution in [-0.2, 0) is 6.54 Å². The van der Waals surface area contributed by atoms with Crippen LogP contribution in [0.5, 0.6) is 0 Å². The van der Waals surface area contributed by atoms with Gasteiger partial charge in [-0.15, -0.1) is 0 Å². The Labute approximate surface area is 142 Å². The van der Waals surface area contributed by atoms with E-state index >= 15 is 0 Å². The van der Waals surface area contributed by atoms with Crippen molar-refractivity contribution in [1.82, 2.24) is 20.2 Å². The summed E-state index contributed by atoms with van der Waals surface area (Å²) >= 11 is 0. The molecular formula is C18H23N5O. The minimum absolute atomic E-state index is 0.123. The van der Waals surface area contributed by atoms with Crippen LogP contribution in [0.2, 0.25) is 0 Å². The minimum Gasteiger partial charge on any atom is -0.368 e. The van der Waals surface area contributed by atoms with Crippen LogP contribution in [0.25, 0.3) is 0 Å². The third-order valence-electron chi connectivity index (χ3n) is 4.33. The van der Waals surface area contributed by atoms with Gasteiger partial charge in [-0.1, -0.05) is 13.0 Å². The normalized spacial score (nSPS) is 15.3. The second kappa shape index (κ2) is 7.88. The number of aromatic nitrogens is 2. The highest BCUT2D eigenvalue weighted by atomic mass is 16.1. The van der Waals surface area contributed by atoms with Crippen LogP contribution in [0.3, 0.4) is 0 Å². The van der Waals surface area contributed by atoms with Gasteiger partial charge >= 0.3 is 0 Å². The van der Waals surface area contributed by atoms with E-state index in [0.717, 1.165) is 44.1 Å². The molecule has 3 heterocycles. The average Bonchev–Trinajstić information content (AvgIpc) is 2.67. The molecule has 1 saturated heterocycles. The Morgan fingerprint density at radius 1 is 1.21 bits per heavy atom. The lowest BCUT2D eigenvalue weighted by Gasteiger charge is -2.35. The molecule has 1 aliphatic rings. The summed E-state index contributed by atoms with van der Waals surface area (Å²) in [5, 5.41) is 2.89. The van der Waals surface area contributed by atoms with Crippen molar-refractivity contribution in [1.29, 1.82) is 0 Å². The van der Waals surface area contributed by atoms with E-state index in [9.17, 15) is 4.79 Å². The van der Waals surface area contributed by atoms with Crippen molar-refractivity contribution in [3.05, 3.63) is 54.1 Å². The van der Waals surface area contributed by atoms with Crippen LogP contribution in [0, 0.1) is 0 Å². The molecule has 1 N–H and O–H groups in total. The van der Waals surface area contributed by atoms with Gasteiger partial charge in [-0.25, -0.2) is 0 Å². The first-order valence-electron chi connectivity index (χ1n) is 8.36. The monoisotopic (exact) mass is 325 g/mol. The maximum Gasteiger partial charge on any atom is 0.253 e. The van der Waals surface area contributed by atoms with E-state index in [-0.39, 0.29) is 5.91 Å². The molecule has 24 heavy (non-hydrogen) atoms. The lowest BCUT2D eigenvalue weighted by atomic mass is 10.2. The van der Waals surface area contributed by atoms with E-state index in [0.29, 0.717) is 12.1 Å².